The maximum absolute atomic E-state index is 12.6. The molecule has 7 heteroatoms. The van der Waals surface area contributed by atoms with Crippen LogP contribution in [0.3, 0.4) is 0 Å². The number of thioether (sulfide) groups is 1. The van der Waals surface area contributed by atoms with Crippen LogP contribution in [0.25, 0.3) is 6.08 Å². The Bertz CT molecular complexity index is 911. The second-order valence-corrected chi connectivity index (χ2v) is 6.69. The number of benzene rings is 1. The highest BCUT2D eigenvalue weighted by Crippen LogP contribution is 2.35. The van der Waals surface area contributed by atoms with Gasteiger partial charge in [-0.05, 0) is 36.0 Å². The minimum atomic E-state index is -0.132. The summed E-state index contributed by atoms with van der Waals surface area (Å²) in [7, 11) is 1.68. The van der Waals surface area contributed by atoms with Crippen molar-refractivity contribution in [2.45, 2.75) is 0 Å². The number of para-hydroxylation sites is 1. The van der Waals surface area contributed by atoms with Crippen LogP contribution in [0.1, 0.15) is 5.56 Å². The summed E-state index contributed by atoms with van der Waals surface area (Å²) in [5, 5.41) is 0.836. The van der Waals surface area contributed by atoms with E-state index in [-0.39, 0.29) is 5.91 Å². The number of amidine groups is 1. The molecule has 1 fully saturated rings. The smallest absolute Gasteiger partial charge is 0.266 e. The molecule has 132 valence electrons. The lowest BCUT2D eigenvalue weighted by Crippen LogP contribution is -2.23. The van der Waals surface area contributed by atoms with Crippen molar-refractivity contribution >= 4 is 46.2 Å². The number of nitrogens with zero attached hydrogens (tertiary/aromatic N) is 3. The Hall–Kier alpha value is -2.57. The van der Waals surface area contributed by atoms with E-state index in [9.17, 15) is 4.79 Å². The minimum absolute atomic E-state index is 0.132. The molecule has 5 nitrogen and oxygen atoms in total. The van der Waals surface area contributed by atoms with E-state index >= 15 is 0 Å². The number of halogens is 1. The van der Waals surface area contributed by atoms with E-state index in [4.69, 9.17) is 16.3 Å². The van der Waals surface area contributed by atoms with Crippen LogP contribution < -0.4 is 4.74 Å². The lowest BCUT2D eigenvalue weighted by atomic mass is 10.2. The van der Waals surface area contributed by atoms with Crippen LogP contribution in [-0.2, 0) is 4.79 Å². The number of aliphatic imine (C=N–C) groups is 1. The third-order valence-electron chi connectivity index (χ3n) is 3.52. The number of amides is 1. The van der Waals surface area contributed by atoms with Gasteiger partial charge in [-0.3, -0.25) is 9.69 Å². The first kappa shape index (κ1) is 18.2. The first-order chi connectivity index (χ1) is 12.6. The molecule has 0 unspecified atom stereocenters. The van der Waals surface area contributed by atoms with Crippen LogP contribution in [-0.4, -0.2) is 34.6 Å². The molecule has 1 amide bonds. The number of hydrogen-bond donors (Lipinski definition) is 0. The van der Waals surface area contributed by atoms with E-state index in [1.165, 1.54) is 16.7 Å². The Balaban J connectivity index is 1.91. The zero-order valence-corrected chi connectivity index (χ0v) is 15.6. The van der Waals surface area contributed by atoms with Crippen molar-refractivity contribution in [1.82, 2.24) is 9.88 Å². The number of pyridine rings is 1. The quantitative estimate of drug-likeness (QED) is 0.431. The van der Waals surface area contributed by atoms with Crippen molar-refractivity contribution in [2.24, 2.45) is 4.99 Å². The number of likely N-dealkylation sites (N-methyl/N-ethyl adjacent to an activating group) is 1. The van der Waals surface area contributed by atoms with Gasteiger partial charge >= 0.3 is 0 Å². The molecule has 2 heterocycles. The maximum Gasteiger partial charge on any atom is 0.266 e. The van der Waals surface area contributed by atoms with Crippen LogP contribution in [0.4, 0.5) is 5.69 Å². The summed E-state index contributed by atoms with van der Waals surface area (Å²) in [6.07, 6.45) is 5.07. The molecule has 0 spiro atoms. The largest absolute Gasteiger partial charge is 0.489 e. The molecule has 0 aliphatic carbocycles. The van der Waals surface area contributed by atoms with Gasteiger partial charge in [0.1, 0.15) is 18.0 Å². The Labute approximate surface area is 161 Å². The zero-order valence-electron chi connectivity index (χ0n) is 14.1. The molecule has 0 radical (unpaired) electrons. The van der Waals surface area contributed by atoms with E-state index in [0.717, 1.165) is 5.56 Å². The molecule has 1 aromatic heterocycles. The molecular weight excluding hydrogens is 370 g/mol. The molecule has 0 atom stereocenters. The van der Waals surface area contributed by atoms with Gasteiger partial charge in [0.2, 0.25) is 0 Å². The van der Waals surface area contributed by atoms with Crippen molar-refractivity contribution < 1.29 is 9.53 Å². The average molecular weight is 386 g/mol. The second kappa shape index (κ2) is 8.21. The van der Waals surface area contributed by atoms with Gasteiger partial charge in [0.05, 0.1) is 4.91 Å². The molecule has 1 aliphatic rings. The Morgan fingerprint density at radius 3 is 2.92 bits per heavy atom. The topological polar surface area (TPSA) is 54.8 Å². The molecule has 26 heavy (non-hydrogen) atoms. The van der Waals surface area contributed by atoms with Crippen molar-refractivity contribution in [3.63, 3.8) is 0 Å². The highest BCUT2D eigenvalue weighted by molar-refractivity contribution is 8.18. The zero-order chi connectivity index (χ0) is 18.5. The van der Waals surface area contributed by atoms with E-state index < -0.39 is 0 Å². The lowest BCUT2D eigenvalue weighted by Gasteiger charge is -2.08. The number of rotatable bonds is 5. The van der Waals surface area contributed by atoms with Crippen molar-refractivity contribution in [3.05, 3.63) is 70.9 Å². The Morgan fingerprint density at radius 1 is 1.35 bits per heavy atom. The van der Waals surface area contributed by atoms with E-state index in [1.807, 2.05) is 24.3 Å². The van der Waals surface area contributed by atoms with Gasteiger partial charge in [-0.25, -0.2) is 9.98 Å². The summed E-state index contributed by atoms with van der Waals surface area (Å²) in [5.74, 6) is 0.559. The molecule has 0 N–H and O–H groups in total. The fourth-order valence-electron chi connectivity index (χ4n) is 2.24. The monoisotopic (exact) mass is 385 g/mol. The maximum atomic E-state index is 12.6. The third-order valence-corrected chi connectivity index (χ3v) is 4.87. The minimum Gasteiger partial charge on any atom is -0.489 e. The predicted molar refractivity (Wildman–Crippen MR) is 107 cm³/mol. The number of hydrogen-bond acceptors (Lipinski definition) is 5. The Kier molecular flexibility index (Phi) is 5.75. The van der Waals surface area contributed by atoms with Crippen molar-refractivity contribution in [3.8, 4) is 5.75 Å². The van der Waals surface area contributed by atoms with Crippen molar-refractivity contribution in [2.75, 3.05) is 13.7 Å². The van der Waals surface area contributed by atoms with Crippen LogP contribution in [0.2, 0.25) is 5.15 Å². The summed E-state index contributed by atoms with van der Waals surface area (Å²) in [6.45, 7) is 4.05. The van der Waals surface area contributed by atoms with Gasteiger partial charge in [0, 0.05) is 18.8 Å². The molecular formula is C19H16ClN3O2S. The second-order valence-electron chi connectivity index (χ2n) is 5.32. The summed E-state index contributed by atoms with van der Waals surface area (Å²) >= 11 is 7.34. The van der Waals surface area contributed by atoms with Gasteiger partial charge in [0.25, 0.3) is 5.91 Å². The summed E-state index contributed by atoms with van der Waals surface area (Å²) < 4.78 is 5.64. The first-order valence-electron chi connectivity index (χ1n) is 7.79. The van der Waals surface area contributed by atoms with E-state index in [0.29, 0.717) is 33.3 Å². The molecule has 3 rings (SSSR count). The highest BCUT2D eigenvalue weighted by Gasteiger charge is 2.30. The predicted octanol–water partition coefficient (Wildman–Crippen LogP) is 4.53. The third kappa shape index (κ3) is 3.98. The molecule has 1 aliphatic heterocycles. The Morgan fingerprint density at radius 2 is 2.15 bits per heavy atom. The summed E-state index contributed by atoms with van der Waals surface area (Å²) in [4.78, 5) is 23.1. The molecule has 1 aromatic carbocycles. The summed E-state index contributed by atoms with van der Waals surface area (Å²) in [5.41, 5.74) is 1.34. The van der Waals surface area contributed by atoms with Crippen LogP contribution in [0.5, 0.6) is 5.75 Å². The fraction of sp³-hybridized carbons (Fsp3) is 0.105. The van der Waals surface area contributed by atoms with Gasteiger partial charge in [0.15, 0.2) is 10.3 Å². The van der Waals surface area contributed by atoms with Crippen molar-refractivity contribution in [1.29, 1.82) is 0 Å². The van der Waals surface area contributed by atoms with E-state index in [1.54, 1.807) is 37.5 Å². The molecule has 0 bridgehead atoms. The fourth-order valence-corrected chi connectivity index (χ4v) is 3.37. The molecule has 0 saturated carbocycles. The van der Waals surface area contributed by atoms with E-state index in [2.05, 4.69) is 16.6 Å². The number of ether oxygens (including phenoxy) is 1. The number of carbonyl (C=O) groups is 1. The molecule has 2 aromatic rings. The van der Waals surface area contributed by atoms with Crippen LogP contribution in [0.15, 0.2) is 65.1 Å². The standard InChI is InChI=1S/C19H16ClN3O2S/c1-3-11-25-15-9-5-4-7-13(15)12-16-18(24)23(2)19(26-16)22-14-8-6-10-21-17(14)20/h3-10,12H,1,11H2,2H3/b16-12-,22-19?. The van der Waals surface area contributed by atoms with Gasteiger partial charge in [-0.2, -0.15) is 0 Å². The van der Waals surface area contributed by atoms with Gasteiger partial charge < -0.3 is 4.74 Å². The lowest BCUT2D eigenvalue weighted by molar-refractivity contribution is -0.121. The SMILES string of the molecule is C=CCOc1ccccc1/C=C1\SC(=Nc2cccnc2Cl)N(C)C1=O. The number of carbonyl (C=O) groups excluding carboxylic acids is 1. The summed E-state index contributed by atoms with van der Waals surface area (Å²) in [6, 6.07) is 11.0. The highest BCUT2D eigenvalue weighted by atomic mass is 35.5. The van der Waals surface area contributed by atoms with Gasteiger partial charge in [-0.15, -0.1) is 0 Å². The van der Waals surface area contributed by atoms with Gasteiger partial charge in [-0.1, -0.05) is 42.5 Å². The van der Waals surface area contributed by atoms with Crippen LogP contribution >= 0.6 is 23.4 Å². The molecule has 1 saturated heterocycles. The average Bonchev–Trinajstić information content (AvgIpc) is 2.91. The van der Waals surface area contributed by atoms with Crippen LogP contribution in [0, 0.1) is 0 Å². The normalized spacial score (nSPS) is 17.2. The number of aromatic nitrogens is 1. The first-order valence-corrected chi connectivity index (χ1v) is 8.99.